The minimum atomic E-state index is -3.86. The van der Waals surface area contributed by atoms with E-state index < -0.39 is 15.9 Å². The molecule has 3 N–H and O–H groups in total. The number of thiophene rings is 1. The first kappa shape index (κ1) is 20.9. The van der Waals surface area contributed by atoms with Crippen molar-refractivity contribution in [1.29, 1.82) is 0 Å². The van der Waals surface area contributed by atoms with Crippen molar-refractivity contribution in [3.05, 3.63) is 69.9 Å². The van der Waals surface area contributed by atoms with Crippen LogP contribution < -0.4 is 5.73 Å². The number of aromatic amines is 1. The van der Waals surface area contributed by atoms with Gasteiger partial charge in [0.1, 0.15) is 9.90 Å². The molecule has 3 aromatic rings. The van der Waals surface area contributed by atoms with Crippen molar-refractivity contribution in [2.45, 2.75) is 24.1 Å². The lowest BCUT2D eigenvalue weighted by molar-refractivity contribution is 0.0988. The fourth-order valence-electron chi connectivity index (χ4n) is 2.71. The number of sulfonamides is 1. The summed E-state index contributed by atoms with van der Waals surface area (Å²) < 4.78 is 27.1. The number of carbonyl (C=O) groups is 2. The number of rotatable bonds is 8. The Bertz CT molecular complexity index is 1130. The summed E-state index contributed by atoms with van der Waals surface area (Å²) in [5.41, 5.74) is 7.63. The molecule has 0 fully saturated rings. The van der Waals surface area contributed by atoms with Crippen LogP contribution >= 0.6 is 11.3 Å². The van der Waals surface area contributed by atoms with Gasteiger partial charge in [-0.3, -0.25) is 14.7 Å². The van der Waals surface area contributed by atoms with Crippen molar-refractivity contribution in [3.63, 3.8) is 0 Å². The molecule has 0 aliphatic rings. The standard InChI is InChI=1S/C19H20N4O4S2/c1-12-3-5-13(6-4-12)11-23(2)29(26,27)18-9-14(19(20)25)17(28-18)10-16(24)15-7-8-21-22-15/h3-9H,10-11H2,1-2H3,(H2,20,25)(H,21,22). The number of amides is 1. The number of ketones is 1. The Morgan fingerprint density at radius 1 is 1.21 bits per heavy atom. The molecule has 2 aromatic heterocycles. The summed E-state index contributed by atoms with van der Waals surface area (Å²) in [4.78, 5) is 24.5. The molecule has 0 bridgehead atoms. The maximum Gasteiger partial charge on any atom is 0.252 e. The molecule has 0 saturated carbocycles. The molecule has 0 saturated heterocycles. The van der Waals surface area contributed by atoms with Crippen LogP contribution in [0.4, 0.5) is 0 Å². The zero-order chi connectivity index (χ0) is 21.2. The lowest BCUT2D eigenvalue weighted by atomic mass is 10.1. The van der Waals surface area contributed by atoms with Crippen molar-refractivity contribution < 1.29 is 18.0 Å². The van der Waals surface area contributed by atoms with E-state index in [4.69, 9.17) is 5.73 Å². The number of benzene rings is 1. The summed E-state index contributed by atoms with van der Waals surface area (Å²) >= 11 is 0.876. The van der Waals surface area contributed by atoms with Gasteiger partial charge in [0.25, 0.3) is 10.0 Å². The predicted octanol–water partition coefficient (Wildman–Crippen LogP) is 2.12. The minimum Gasteiger partial charge on any atom is -0.366 e. The summed E-state index contributed by atoms with van der Waals surface area (Å²) in [5.74, 6) is -1.10. The second-order valence-corrected chi connectivity index (χ2v) is 9.99. The summed E-state index contributed by atoms with van der Waals surface area (Å²) in [7, 11) is -2.39. The van der Waals surface area contributed by atoms with Crippen molar-refractivity contribution in [3.8, 4) is 0 Å². The molecule has 29 heavy (non-hydrogen) atoms. The number of primary amides is 1. The summed E-state index contributed by atoms with van der Waals surface area (Å²) in [6.45, 7) is 2.13. The van der Waals surface area contributed by atoms with E-state index in [1.54, 1.807) is 0 Å². The fourth-order valence-corrected chi connectivity index (χ4v) is 5.60. The number of nitrogens with two attached hydrogens (primary N) is 1. The number of hydrogen-bond acceptors (Lipinski definition) is 6. The van der Waals surface area contributed by atoms with Gasteiger partial charge in [0.15, 0.2) is 5.78 Å². The molecular weight excluding hydrogens is 412 g/mol. The van der Waals surface area contributed by atoms with E-state index in [0.29, 0.717) is 4.88 Å². The molecule has 152 valence electrons. The Kier molecular flexibility index (Phi) is 5.96. The van der Waals surface area contributed by atoms with Gasteiger partial charge in [-0.2, -0.15) is 9.40 Å². The number of Topliss-reactive ketones (excluding diaryl/α,β-unsaturated/α-hetero) is 1. The van der Waals surface area contributed by atoms with Gasteiger partial charge < -0.3 is 5.73 Å². The Balaban J connectivity index is 1.87. The van der Waals surface area contributed by atoms with Crippen LogP contribution in [0.2, 0.25) is 0 Å². The third-order valence-electron chi connectivity index (χ3n) is 4.36. The first-order valence-electron chi connectivity index (χ1n) is 8.65. The quantitative estimate of drug-likeness (QED) is 0.527. The average Bonchev–Trinajstić information content (AvgIpc) is 3.33. The van der Waals surface area contributed by atoms with Gasteiger partial charge in [0.2, 0.25) is 5.91 Å². The number of nitrogens with one attached hydrogen (secondary N) is 1. The molecule has 0 aliphatic carbocycles. The molecule has 0 radical (unpaired) electrons. The minimum absolute atomic E-state index is 0.0326. The molecule has 0 unspecified atom stereocenters. The van der Waals surface area contributed by atoms with Crippen molar-refractivity contribution >= 4 is 33.1 Å². The molecule has 2 heterocycles. The molecule has 8 nitrogen and oxygen atoms in total. The molecular formula is C19H20N4O4S2. The first-order valence-corrected chi connectivity index (χ1v) is 10.9. The SMILES string of the molecule is Cc1ccc(CN(C)S(=O)(=O)c2cc(C(N)=O)c(CC(=O)c3ccn[nH]3)s2)cc1. The topological polar surface area (TPSA) is 126 Å². The highest BCUT2D eigenvalue weighted by Crippen LogP contribution is 2.30. The van der Waals surface area contributed by atoms with E-state index >= 15 is 0 Å². The summed E-state index contributed by atoms with van der Waals surface area (Å²) in [6.07, 6.45) is 1.29. The molecule has 1 aromatic carbocycles. The molecule has 0 aliphatic heterocycles. The second kappa shape index (κ2) is 8.27. The number of carbonyl (C=O) groups excluding carboxylic acids is 2. The van der Waals surface area contributed by atoms with Gasteiger partial charge in [0, 0.05) is 31.1 Å². The first-order chi connectivity index (χ1) is 13.7. The zero-order valence-corrected chi connectivity index (χ0v) is 17.5. The summed E-state index contributed by atoms with van der Waals surface area (Å²) in [6, 6.07) is 10.3. The number of H-pyrrole nitrogens is 1. The highest BCUT2D eigenvalue weighted by molar-refractivity contribution is 7.91. The van der Waals surface area contributed by atoms with Gasteiger partial charge in [-0.05, 0) is 24.6 Å². The normalized spacial score (nSPS) is 11.7. The van der Waals surface area contributed by atoms with E-state index in [0.717, 1.165) is 22.5 Å². The maximum atomic E-state index is 13.0. The predicted molar refractivity (Wildman–Crippen MR) is 109 cm³/mol. The van der Waals surface area contributed by atoms with Gasteiger partial charge >= 0.3 is 0 Å². The van der Waals surface area contributed by atoms with Crippen molar-refractivity contribution in [2.75, 3.05) is 7.05 Å². The van der Waals surface area contributed by atoms with Crippen LogP contribution in [-0.2, 0) is 23.0 Å². The Hall–Kier alpha value is -2.82. The number of aromatic nitrogens is 2. The fraction of sp³-hybridized carbons (Fsp3) is 0.211. The monoisotopic (exact) mass is 432 g/mol. The van der Waals surface area contributed by atoms with Gasteiger partial charge in [-0.25, -0.2) is 8.42 Å². The summed E-state index contributed by atoms with van der Waals surface area (Å²) in [5, 5.41) is 6.27. The van der Waals surface area contributed by atoms with Crippen LogP contribution in [0.3, 0.4) is 0 Å². The Morgan fingerprint density at radius 2 is 1.90 bits per heavy atom. The van der Waals surface area contributed by atoms with E-state index in [1.807, 2.05) is 31.2 Å². The second-order valence-electron chi connectivity index (χ2n) is 6.58. The van der Waals surface area contributed by atoms with E-state index in [-0.39, 0.29) is 34.2 Å². The lowest BCUT2D eigenvalue weighted by Gasteiger charge is -2.16. The van der Waals surface area contributed by atoms with E-state index in [2.05, 4.69) is 10.2 Å². The smallest absolute Gasteiger partial charge is 0.252 e. The average molecular weight is 433 g/mol. The molecule has 0 spiro atoms. The highest BCUT2D eigenvalue weighted by Gasteiger charge is 2.27. The zero-order valence-electron chi connectivity index (χ0n) is 15.9. The van der Waals surface area contributed by atoms with Gasteiger partial charge in [-0.15, -0.1) is 11.3 Å². The van der Waals surface area contributed by atoms with Crippen LogP contribution in [0.1, 0.15) is 36.9 Å². The van der Waals surface area contributed by atoms with Crippen LogP contribution in [0.5, 0.6) is 0 Å². The number of nitrogens with zero attached hydrogens (tertiary/aromatic N) is 2. The van der Waals surface area contributed by atoms with Crippen molar-refractivity contribution in [2.24, 2.45) is 5.73 Å². The van der Waals surface area contributed by atoms with Gasteiger partial charge in [0.05, 0.1) is 5.56 Å². The van der Waals surface area contributed by atoms with Crippen molar-refractivity contribution in [1.82, 2.24) is 14.5 Å². The lowest BCUT2D eigenvalue weighted by Crippen LogP contribution is -2.25. The third kappa shape index (κ3) is 4.61. The number of hydrogen-bond donors (Lipinski definition) is 2. The molecule has 10 heteroatoms. The van der Waals surface area contributed by atoms with Gasteiger partial charge in [-0.1, -0.05) is 29.8 Å². The van der Waals surface area contributed by atoms with Crippen LogP contribution in [-0.4, -0.2) is 41.7 Å². The Morgan fingerprint density at radius 3 is 2.48 bits per heavy atom. The van der Waals surface area contributed by atoms with Crippen LogP contribution in [0, 0.1) is 6.92 Å². The molecule has 0 atom stereocenters. The van der Waals surface area contributed by atoms with E-state index in [1.165, 1.54) is 29.7 Å². The Labute approximate surface area is 172 Å². The largest absolute Gasteiger partial charge is 0.366 e. The highest BCUT2D eigenvalue weighted by atomic mass is 32.2. The van der Waals surface area contributed by atoms with Crippen LogP contribution in [0.15, 0.2) is 46.8 Å². The van der Waals surface area contributed by atoms with Crippen LogP contribution in [0.25, 0.3) is 0 Å². The third-order valence-corrected chi connectivity index (χ3v) is 7.75. The van der Waals surface area contributed by atoms with E-state index in [9.17, 15) is 18.0 Å². The molecule has 3 rings (SSSR count). The maximum absolute atomic E-state index is 13.0. The molecule has 1 amide bonds. The number of aryl methyl sites for hydroxylation is 1.